The van der Waals surface area contributed by atoms with Gasteiger partial charge in [0.2, 0.25) is 53.2 Å². The maximum absolute atomic E-state index is 13.8. The Kier molecular flexibility index (Phi) is 23.7. The summed E-state index contributed by atoms with van der Waals surface area (Å²) in [6, 6.07) is -5.89. The Balaban J connectivity index is 2.25. The van der Waals surface area contributed by atoms with Gasteiger partial charge in [-0.05, 0) is 69.3 Å². The molecular weight excluding hydrogens is 905 g/mol. The van der Waals surface area contributed by atoms with Crippen molar-refractivity contribution in [3.8, 4) is 5.75 Å². The lowest BCUT2D eigenvalue weighted by molar-refractivity contribution is -0.143. The fourth-order valence-corrected chi connectivity index (χ4v) is 7.06. The second kappa shape index (κ2) is 27.7. The van der Waals surface area contributed by atoms with E-state index in [1.165, 1.54) is 36.1 Å². The highest BCUT2D eigenvalue weighted by Crippen LogP contribution is 2.20. The number of likely N-dealkylation sites (tertiary alicyclic amines) is 1. The summed E-state index contributed by atoms with van der Waals surface area (Å²) < 4.78 is 0. The van der Waals surface area contributed by atoms with Crippen molar-refractivity contribution in [3.63, 3.8) is 0 Å². The van der Waals surface area contributed by atoms with Gasteiger partial charge in [0.05, 0.1) is 12.5 Å². The molecule has 1 aromatic rings. The smallest absolute Gasteiger partial charge is 0.325 e. The van der Waals surface area contributed by atoms with Crippen molar-refractivity contribution >= 4 is 84.4 Å². The fraction of sp³-hybridized carbons (Fsp3) is 0.600. The van der Waals surface area contributed by atoms with Crippen LogP contribution in [0.2, 0.25) is 0 Å². The molecule has 9 atom stereocenters. The molecule has 17 N–H and O–H groups in total. The molecule has 0 saturated carbocycles. The molecule has 66 heavy (non-hydrogen) atoms. The minimum atomic E-state index is -1.70. The molecule has 24 nitrogen and oxygen atoms in total. The molecule has 26 heteroatoms. The number of nitrogens with zero attached hydrogens (tertiary/aromatic N) is 1. The summed E-state index contributed by atoms with van der Waals surface area (Å²) in [6.07, 6.45) is -0.528. The van der Waals surface area contributed by atoms with Crippen LogP contribution in [0.25, 0.3) is 0 Å². The highest BCUT2D eigenvalue weighted by Gasteiger charge is 2.40. The Bertz CT molecular complexity index is 1900. The summed E-state index contributed by atoms with van der Waals surface area (Å²) in [6.45, 7) is 4.33. The fourth-order valence-electron chi connectivity index (χ4n) is 6.65. The van der Waals surface area contributed by atoms with Crippen molar-refractivity contribution in [2.45, 2.75) is 114 Å². The lowest BCUT2D eigenvalue weighted by Crippen LogP contribution is -2.61. The number of benzene rings is 1. The summed E-state index contributed by atoms with van der Waals surface area (Å²) in [5.74, 6) is -9.95. The number of phenolic OH excluding ortho intramolecular Hbond substituents is 1. The predicted molar refractivity (Wildman–Crippen MR) is 245 cm³/mol. The van der Waals surface area contributed by atoms with E-state index in [1.54, 1.807) is 13.8 Å². The number of carboxylic acids is 1. The lowest BCUT2D eigenvalue weighted by atomic mass is 10.00. The molecule has 1 heterocycles. The molecule has 1 saturated heterocycles. The first-order chi connectivity index (χ1) is 31.1. The van der Waals surface area contributed by atoms with E-state index in [1.807, 2.05) is 0 Å². The Morgan fingerprint density at radius 2 is 1.21 bits per heavy atom. The number of carbonyl (C=O) groups is 10. The molecule has 0 bridgehead atoms. The van der Waals surface area contributed by atoms with Crippen LogP contribution < -0.4 is 60.2 Å². The van der Waals surface area contributed by atoms with Crippen LogP contribution >= 0.6 is 25.3 Å². The van der Waals surface area contributed by atoms with Crippen LogP contribution in [0.5, 0.6) is 5.75 Å². The number of thiol groups is 2. The van der Waals surface area contributed by atoms with Crippen molar-refractivity contribution in [2.75, 3.05) is 31.1 Å². The zero-order chi connectivity index (χ0) is 49.8. The number of carboxylic acid groups (broad SMARTS) is 1. The van der Waals surface area contributed by atoms with E-state index in [4.69, 9.17) is 22.9 Å². The summed E-state index contributed by atoms with van der Waals surface area (Å²) in [5.41, 5.74) is 23.2. The molecule has 1 aromatic carbocycles. The summed E-state index contributed by atoms with van der Waals surface area (Å²) in [5, 5.41) is 36.2. The average Bonchev–Trinajstić information content (AvgIpc) is 3.76. The van der Waals surface area contributed by atoms with Crippen LogP contribution in [0.3, 0.4) is 0 Å². The summed E-state index contributed by atoms with van der Waals surface area (Å²) in [4.78, 5) is 132. The largest absolute Gasteiger partial charge is 0.508 e. The molecule has 1 aliphatic heterocycles. The van der Waals surface area contributed by atoms with Gasteiger partial charge in [-0.15, -0.1) is 0 Å². The predicted octanol–water partition coefficient (Wildman–Crippen LogP) is -5.16. The quantitative estimate of drug-likeness (QED) is 0.0367. The molecule has 1 aliphatic rings. The third kappa shape index (κ3) is 17.6. The minimum absolute atomic E-state index is 0.0298. The zero-order valence-electron chi connectivity index (χ0n) is 37.0. The van der Waals surface area contributed by atoms with Crippen molar-refractivity contribution in [1.82, 2.24) is 42.1 Å². The number of rotatable bonds is 27. The van der Waals surface area contributed by atoms with E-state index in [0.29, 0.717) is 12.0 Å². The van der Waals surface area contributed by atoms with Gasteiger partial charge in [-0.1, -0.05) is 26.0 Å². The number of aromatic hydroxyl groups is 1. The van der Waals surface area contributed by atoms with E-state index < -0.39 is 126 Å². The van der Waals surface area contributed by atoms with Crippen molar-refractivity contribution in [2.24, 2.45) is 28.9 Å². The van der Waals surface area contributed by atoms with E-state index in [-0.39, 0.29) is 62.6 Å². The molecule has 0 spiro atoms. The van der Waals surface area contributed by atoms with E-state index >= 15 is 0 Å². The molecule has 0 radical (unpaired) electrons. The highest BCUT2D eigenvalue weighted by molar-refractivity contribution is 7.80. The van der Waals surface area contributed by atoms with E-state index in [9.17, 15) is 58.2 Å². The van der Waals surface area contributed by atoms with Crippen molar-refractivity contribution in [3.05, 3.63) is 29.8 Å². The lowest BCUT2D eigenvalue weighted by Gasteiger charge is -2.30. The number of aliphatic carboxylic acids is 1. The molecule has 368 valence electrons. The van der Waals surface area contributed by atoms with Crippen LogP contribution in [0.4, 0.5) is 0 Å². The monoisotopic (exact) mass is 968 g/mol. The van der Waals surface area contributed by atoms with Gasteiger partial charge in [-0.2, -0.15) is 25.3 Å². The number of hydrogen-bond donors (Lipinski definition) is 15. The Labute approximate surface area is 392 Å². The Morgan fingerprint density at radius 3 is 1.74 bits per heavy atom. The third-order valence-corrected chi connectivity index (χ3v) is 11.1. The number of nitrogens with two attached hydrogens (primary N) is 4. The first kappa shape index (κ1) is 56.4. The molecule has 0 unspecified atom stereocenters. The summed E-state index contributed by atoms with van der Waals surface area (Å²) >= 11 is 8.25. The highest BCUT2D eigenvalue weighted by atomic mass is 32.1. The Hall–Kier alpha value is -5.70. The second-order valence-electron chi connectivity index (χ2n) is 16.0. The maximum Gasteiger partial charge on any atom is 0.325 e. The van der Waals surface area contributed by atoms with Crippen LogP contribution in [0, 0.1) is 5.92 Å². The van der Waals surface area contributed by atoms with Gasteiger partial charge in [0, 0.05) is 24.5 Å². The molecule has 9 amide bonds. The second-order valence-corrected chi connectivity index (χ2v) is 16.7. The average molecular weight is 969 g/mol. The topological polar surface area (TPSA) is 403 Å². The van der Waals surface area contributed by atoms with Gasteiger partial charge >= 0.3 is 5.97 Å². The zero-order valence-corrected chi connectivity index (χ0v) is 38.8. The number of primary amides is 1. The van der Waals surface area contributed by atoms with E-state index in [0.717, 1.165) is 0 Å². The van der Waals surface area contributed by atoms with Gasteiger partial charge in [0.25, 0.3) is 0 Å². The van der Waals surface area contributed by atoms with Gasteiger partial charge in [0.15, 0.2) is 0 Å². The molecule has 2 rings (SSSR count). The van der Waals surface area contributed by atoms with Crippen LogP contribution in [-0.4, -0.2) is 160 Å². The minimum Gasteiger partial charge on any atom is -0.508 e. The van der Waals surface area contributed by atoms with E-state index in [2.05, 4.69) is 62.5 Å². The van der Waals surface area contributed by atoms with Gasteiger partial charge in [0.1, 0.15) is 54.1 Å². The SMILES string of the molecule is CC(C)[C@H](NC(=O)[C@H](Cc1ccc(O)cc1)NC(=O)[C@@H](N)CS)C(=O)N[C@@H](CCN)C(=O)N[C@@H](CC(N)=O)C(=O)N[C@@H](CS)C(=O)N1CCC[C@H]1C(=O)N[C@@H](CCN)C(=O)N[C@@H](C)C(=O)O. The molecule has 0 aromatic heterocycles. The maximum atomic E-state index is 13.8. The van der Waals surface area contributed by atoms with Gasteiger partial charge < -0.3 is 75.3 Å². The normalized spacial score (nSPS) is 17.0. The number of phenols is 1. The molecule has 0 aliphatic carbocycles. The Morgan fingerprint density at radius 1 is 0.697 bits per heavy atom. The first-order valence-corrected chi connectivity index (χ1v) is 22.4. The molecular formula is C40H64N12O12S2. The number of amides is 9. The van der Waals surface area contributed by atoms with Crippen LogP contribution in [-0.2, 0) is 54.4 Å². The van der Waals surface area contributed by atoms with Gasteiger partial charge in [-0.3, -0.25) is 47.9 Å². The van der Waals surface area contributed by atoms with Crippen molar-refractivity contribution < 1.29 is 58.2 Å². The number of carbonyl (C=O) groups excluding carboxylic acids is 9. The summed E-state index contributed by atoms with van der Waals surface area (Å²) in [7, 11) is 0. The van der Waals surface area contributed by atoms with Crippen molar-refractivity contribution in [1.29, 1.82) is 0 Å². The standard InChI is InChI=1S/C40H64N12O12S2/c1-19(2)31(51-36(59)26(48-32(55)23(43)17-65)15-21-6-8-22(53)9-7-21)38(61)47-25(11-13-42)34(57)49-27(16-30(44)54)35(58)50-28(18-66)39(62)52-14-4-5-29(52)37(60)46-24(10-12-41)33(56)45-20(3)40(63)64/h6-9,19-20,23-29,31,53,65-66H,4-5,10-18,41-43H2,1-3H3,(H2,44,54)(H,45,56)(H,46,60)(H,47,61)(H,48,55)(H,49,57)(H,50,58)(H,51,59)(H,63,64)/t20-,23-,24-,25-,26-,27-,28-,29-,31-/m0/s1. The van der Waals surface area contributed by atoms with Gasteiger partial charge in [-0.25, -0.2) is 0 Å². The number of nitrogens with one attached hydrogen (secondary N) is 7. The number of hydrogen-bond acceptors (Lipinski definition) is 16. The molecule has 1 fully saturated rings. The first-order valence-electron chi connectivity index (χ1n) is 21.2. The van der Waals surface area contributed by atoms with Crippen LogP contribution in [0.15, 0.2) is 24.3 Å². The third-order valence-electron chi connectivity index (χ3n) is 10.4. The van der Waals surface area contributed by atoms with Crippen LogP contribution in [0.1, 0.15) is 58.4 Å².